The summed E-state index contributed by atoms with van der Waals surface area (Å²) in [6.45, 7) is 0.129. The summed E-state index contributed by atoms with van der Waals surface area (Å²) < 4.78 is 2.67. The van der Waals surface area contributed by atoms with Gasteiger partial charge in [0.2, 0.25) is 0 Å². The molecular formula is C36H21BN2S. The van der Waals surface area contributed by atoms with Crippen LogP contribution in [0.1, 0.15) is 0 Å². The Hall–Kier alpha value is -4.80. The molecule has 0 bridgehead atoms. The molecule has 0 saturated carbocycles. The van der Waals surface area contributed by atoms with Crippen LogP contribution in [0.3, 0.4) is 0 Å². The van der Waals surface area contributed by atoms with Gasteiger partial charge in [0, 0.05) is 59.7 Å². The Labute approximate surface area is 236 Å². The van der Waals surface area contributed by atoms with Gasteiger partial charge in [-0.2, -0.15) is 0 Å². The summed E-state index contributed by atoms with van der Waals surface area (Å²) in [6.07, 6.45) is 0. The molecule has 6 aromatic carbocycles. The van der Waals surface area contributed by atoms with Gasteiger partial charge in [-0.1, -0.05) is 78.9 Å². The number of benzene rings is 6. The van der Waals surface area contributed by atoms with Crippen LogP contribution >= 0.6 is 11.3 Å². The summed E-state index contributed by atoms with van der Waals surface area (Å²) in [6, 6.07) is 47.4. The molecule has 0 saturated heterocycles. The Morgan fingerprint density at radius 3 is 1.70 bits per heavy atom. The number of rotatable bonds is 1. The first-order valence-corrected chi connectivity index (χ1v) is 14.6. The summed E-state index contributed by atoms with van der Waals surface area (Å²) in [5.41, 5.74) is 14.4. The van der Waals surface area contributed by atoms with Crippen molar-refractivity contribution < 1.29 is 0 Å². The average Bonchev–Trinajstić information content (AvgIpc) is 3.39. The molecule has 0 unspecified atom stereocenters. The molecule has 1 aromatic heterocycles. The van der Waals surface area contributed by atoms with E-state index in [4.69, 9.17) is 0 Å². The molecule has 0 N–H and O–H groups in total. The van der Waals surface area contributed by atoms with Crippen LogP contribution in [0.15, 0.2) is 127 Å². The van der Waals surface area contributed by atoms with Gasteiger partial charge in [-0.15, -0.1) is 11.3 Å². The van der Waals surface area contributed by atoms with E-state index >= 15 is 0 Å². The first-order chi connectivity index (χ1) is 19.9. The summed E-state index contributed by atoms with van der Waals surface area (Å²) in [7, 11) is 0. The molecular weight excluding hydrogens is 503 g/mol. The molecule has 10 rings (SSSR count). The molecule has 40 heavy (non-hydrogen) atoms. The second kappa shape index (κ2) is 7.44. The van der Waals surface area contributed by atoms with E-state index in [0.717, 1.165) is 0 Å². The molecule has 3 aliphatic rings. The van der Waals surface area contributed by atoms with Gasteiger partial charge in [-0.25, -0.2) is 0 Å². The standard InChI is InChI=1S/C36H21BN2S/c1-4-14-29-23(9-1)26-12-7-16-31-35(26)37-36-27(24-10-2-5-15-30(24)39(29)37)13-8-17-32(36)38(31)22-19-20-34-28(21-22)25-11-3-6-18-33(25)40-34/h1-21H. The highest BCUT2D eigenvalue weighted by molar-refractivity contribution is 7.25. The highest BCUT2D eigenvalue weighted by Gasteiger charge is 2.48. The van der Waals surface area contributed by atoms with Gasteiger partial charge in [-0.05, 0) is 70.6 Å². The molecule has 0 radical (unpaired) electrons. The van der Waals surface area contributed by atoms with Gasteiger partial charge < -0.3 is 9.71 Å². The maximum absolute atomic E-state index is 2.59. The lowest BCUT2D eigenvalue weighted by molar-refractivity contribution is 1.26. The molecule has 0 spiro atoms. The first-order valence-electron chi connectivity index (χ1n) is 13.8. The Kier molecular flexibility index (Phi) is 3.92. The first kappa shape index (κ1) is 21.1. The molecule has 4 heteroatoms. The van der Waals surface area contributed by atoms with Gasteiger partial charge in [-0.3, -0.25) is 0 Å². The summed E-state index contributed by atoms with van der Waals surface area (Å²) in [5, 5.41) is 2.66. The molecule has 2 nitrogen and oxygen atoms in total. The van der Waals surface area contributed by atoms with Gasteiger partial charge in [0.1, 0.15) is 0 Å². The zero-order chi connectivity index (χ0) is 25.9. The molecule has 7 aromatic rings. The van der Waals surface area contributed by atoms with Crippen LogP contribution in [0.25, 0.3) is 42.4 Å². The van der Waals surface area contributed by atoms with Crippen molar-refractivity contribution in [3.8, 4) is 22.3 Å². The maximum Gasteiger partial charge on any atom is 0.333 e. The predicted molar refractivity (Wildman–Crippen MR) is 172 cm³/mol. The normalized spacial score (nSPS) is 13.8. The fraction of sp³-hybridized carbons (Fsp3) is 0. The topological polar surface area (TPSA) is 6.48 Å². The third-order valence-electron chi connectivity index (χ3n) is 8.98. The fourth-order valence-corrected chi connectivity index (χ4v) is 8.52. The average molecular weight is 524 g/mol. The molecule has 0 amide bonds. The number of nitrogens with zero attached hydrogens (tertiary/aromatic N) is 2. The number of hydrogen-bond donors (Lipinski definition) is 0. The second-order valence-electron chi connectivity index (χ2n) is 10.9. The summed E-state index contributed by atoms with van der Waals surface area (Å²) in [5.74, 6) is 0. The van der Waals surface area contributed by atoms with Crippen LogP contribution in [0.4, 0.5) is 28.4 Å². The molecule has 4 heterocycles. The van der Waals surface area contributed by atoms with Crippen LogP contribution in [-0.2, 0) is 0 Å². The number of thiophene rings is 1. The lowest BCUT2D eigenvalue weighted by Crippen LogP contribution is -2.63. The van der Waals surface area contributed by atoms with E-state index in [1.807, 2.05) is 11.3 Å². The smallest absolute Gasteiger partial charge is 0.333 e. The Morgan fingerprint density at radius 1 is 0.450 bits per heavy atom. The number of hydrogen-bond acceptors (Lipinski definition) is 3. The number of para-hydroxylation sites is 2. The van der Waals surface area contributed by atoms with Crippen LogP contribution in [0.5, 0.6) is 0 Å². The largest absolute Gasteiger partial charge is 0.376 e. The Morgan fingerprint density at radius 2 is 1.00 bits per heavy atom. The van der Waals surface area contributed by atoms with E-state index in [-0.39, 0.29) is 6.85 Å². The number of fused-ring (bicyclic) bond motifs is 9. The van der Waals surface area contributed by atoms with E-state index in [1.165, 1.54) is 81.8 Å². The van der Waals surface area contributed by atoms with Crippen molar-refractivity contribution in [2.45, 2.75) is 0 Å². The third-order valence-corrected chi connectivity index (χ3v) is 10.1. The zero-order valence-electron chi connectivity index (χ0n) is 21.5. The van der Waals surface area contributed by atoms with Gasteiger partial charge in [0.15, 0.2) is 0 Å². The van der Waals surface area contributed by atoms with Crippen molar-refractivity contribution in [1.29, 1.82) is 0 Å². The lowest BCUT2D eigenvalue weighted by atomic mass is 9.41. The third kappa shape index (κ3) is 2.51. The van der Waals surface area contributed by atoms with Crippen LogP contribution in [0.2, 0.25) is 0 Å². The summed E-state index contributed by atoms with van der Waals surface area (Å²) >= 11 is 1.88. The maximum atomic E-state index is 2.59. The highest BCUT2D eigenvalue weighted by Crippen LogP contribution is 2.51. The van der Waals surface area contributed by atoms with Gasteiger partial charge in [0.25, 0.3) is 0 Å². The monoisotopic (exact) mass is 524 g/mol. The van der Waals surface area contributed by atoms with Crippen molar-refractivity contribution in [3.05, 3.63) is 127 Å². The summed E-state index contributed by atoms with van der Waals surface area (Å²) in [4.78, 5) is 5.11. The van der Waals surface area contributed by atoms with E-state index < -0.39 is 0 Å². The SMILES string of the molecule is c1ccc2c(c1)-c1cccc3c1B1c4c(cccc4N3c3ccc4sc5ccccc5c4c3)-c3ccccc3N12. The van der Waals surface area contributed by atoms with E-state index in [2.05, 4.69) is 137 Å². The molecule has 0 atom stereocenters. The van der Waals surface area contributed by atoms with Crippen molar-refractivity contribution in [2.24, 2.45) is 0 Å². The van der Waals surface area contributed by atoms with E-state index in [1.54, 1.807) is 0 Å². The quantitative estimate of drug-likeness (QED) is 0.198. The van der Waals surface area contributed by atoms with Crippen LogP contribution in [0, 0.1) is 0 Å². The molecule has 3 aliphatic heterocycles. The van der Waals surface area contributed by atoms with Crippen LogP contribution in [-0.4, -0.2) is 6.85 Å². The fourth-order valence-electron chi connectivity index (χ4n) is 7.43. The Bertz CT molecular complexity index is 2110. The molecule has 0 fully saturated rings. The van der Waals surface area contributed by atoms with Crippen molar-refractivity contribution in [2.75, 3.05) is 9.71 Å². The van der Waals surface area contributed by atoms with E-state index in [0.29, 0.717) is 0 Å². The minimum atomic E-state index is 0.129. The molecule has 184 valence electrons. The van der Waals surface area contributed by atoms with E-state index in [9.17, 15) is 0 Å². The second-order valence-corrected chi connectivity index (χ2v) is 12.0. The van der Waals surface area contributed by atoms with Crippen molar-refractivity contribution >= 4 is 77.7 Å². The van der Waals surface area contributed by atoms with Crippen molar-refractivity contribution in [3.63, 3.8) is 0 Å². The predicted octanol–water partition coefficient (Wildman–Crippen LogP) is 8.74. The van der Waals surface area contributed by atoms with Crippen molar-refractivity contribution in [1.82, 2.24) is 0 Å². The van der Waals surface area contributed by atoms with Gasteiger partial charge >= 0.3 is 6.85 Å². The Balaban J connectivity index is 1.34. The minimum Gasteiger partial charge on any atom is -0.376 e. The lowest BCUT2D eigenvalue weighted by Gasteiger charge is -2.49. The zero-order valence-corrected chi connectivity index (χ0v) is 22.3. The highest BCUT2D eigenvalue weighted by atomic mass is 32.1. The van der Waals surface area contributed by atoms with Gasteiger partial charge in [0.05, 0.1) is 0 Å². The molecule has 0 aliphatic carbocycles. The number of anilines is 5. The minimum absolute atomic E-state index is 0.129. The van der Waals surface area contributed by atoms with Crippen LogP contribution < -0.4 is 20.6 Å².